The number of β-amino-alcohol motifs (C(OH)–C–C–N with tert-alkyl or cyclic N) is 1. The predicted octanol–water partition coefficient (Wildman–Crippen LogP) is 0.809. The molecule has 0 aromatic heterocycles. The van der Waals surface area contributed by atoms with Crippen molar-refractivity contribution in [2.24, 2.45) is 5.41 Å². The van der Waals surface area contributed by atoms with Gasteiger partial charge in [-0.1, -0.05) is 20.8 Å². The fourth-order valence-corrected chi connectivity index (χ4v) is 1.38. The van der Waals surface area contributed by atoms with Crippen LogP contribution >= 0.6 is 0 Å². The molecule has 4 nitrogen and oxygen atoms in total. The lowest BCUT2D eigenvalue weighted by Gasteiger charge is -2.22. The summed E-state index contributed by atoms with van der Waals surface area (Å²) in [5, 5.41) is 12.1. The maximum absolute atomic E-state index is 11.5. The Kier molecular flexibility index (Phi) is 3.37. The fourth-order valence-electron chi connectivity index (χ4n) is 1.38. The van der Waals surface area contributed by atoms with Gasteiger partial charge in [0, 0.05) is 19.6 Å². The third-order valence-electron chi connectivity index (χ3n) is 2.22. The van der Waals surface area contributed by atoms with Gasteiger partial charge >= 0.3 is 6.03 Å². The third kappa shape index (κ3) is 3.54. The number of urea groups is 1. The first kappa shape index (κ1) is 11.3. The molecule has 4 heteroatoms. The second-order valence-corrected chi connectivity index (χ2v) is 5.11. The van der Waals surface area contributed by atoms with Gasteiger partial charge in [0.15, 0.2) is 0 Å². The topological polar surface area (TPSA) is 52.6 Å². The van der Waals surface area contributed by atoms with Crippen molar-refractivity contribution in [1.29, 1.82) is 0 Å². The molecule has 14 heavy (non-hydrogen) atoms. The zero-order valence-electron chi connectivity index (χ0n) is 9.21. The molecule has 1 atom stereocenters. The van der Waals surface area contributed by atoms with Crippen molar-refractivity contribution in [3.05, 3.63) is 0 Å². The summed E-state index contributed by atoms with van der Waals surface area (Å²) in [5.74, 6) is 0. The van der Waals surface area contributed by atoms with E-state index in [2.05, 4.69) is 26.1 Å². The van der Waals surface area contributed by atoms with Crippen LogP contribution in [0.5, 0.6) is 0 Å². The summed E-state index contributed by atoms with van der Waals surface area (Å²) >= 11 is 0. The average Bonchev–Trinajstić information content (AvgIpc) is 2.46. The molecule has 1 rings (SSSR count). The van der Waals surface area contributed by atoms with E-state index in [1.54, 1.807) is 4.90 Å². The van der Waals surface area contributed by atoms with E-state index in [9.17, 15) is 9.90 Å². The number of aliphatic hydroxyl groups is 1. The highest BCUT2D eigenvalue weighted by molar-refractivity contribution is 5.74. The van der Waals surface area contributed by atoms with Crippen LogP contribution < -0.4 is 5.32 Å². The zero-order valence-corrected chi connectivity index (χ0v) is 9.21. The van der Waals surface area contributed by atoms with Crippen molar-refractivity contribution in [2.45, 2.75) is 33.3 Å². The number of carbonyl (C=O) groups is 1. The quantitative estimate of drug-likeness (QED) is 0.658. The molecule has 2 N–H and O–H groups in total. The zero-order chi connectivity index (χ0) is 10.8. The lowest BCUT2D eigenvalue weighted by Crippen LogP contribution is -2.42. The van der Waals surface area contributed by atoms with Crippen LogP contribution in [-0.2, 0) is 0 Å². The number of likely N-dealkylation sites (tertiary alicyclic amines) is 1. The van der Waals surface area contributed by atoms with Crippen LogP contribution in [0.4, 0.5) is 4.79 Å². The van der Waals surface area contributed by atoms with Crippen LogP contribution in [0.2, 0.25) is 0 Å². The van der Waals surface area contributed by atoms with Gasteiger partial charge in [0.1, 0.15) is 0 Å². The maximum Gasteiger partial charge on any atom is 0.317 e. The molecule has 1 aliphatic rings. The molecular formula is C10H20N2O2. The number of rotatable bonds is 1. The first-order valence-corrected chi connectivity index (χ1v) is 5.09. The third-order valence-corrected chi connectivity index (χ3v) is 2.22. The highest BCUT2D eigenvalue weighted by atomic mass is 16.3. The van der Waals surface area contributed by atoms with Gasteiger partial charge in [-0.15, -0.1) is 0 Å². The Morgan fingerprint density at radius 1 is 1.57 bits per heavy atom. The first-order chi connectivity index (χ1) is 6.38. The second-order valence-electron chi connectivity index (χ2n) is 5.11. The summed E-state index contributed by atoms with van der Waals surface area (Å²) in [5.41, 5.74) is 0.105. The van der Waals surface area contributed by atoms with E-state index in [4.69, 9.17) is 0 Å². The number of aliphatic hydroxyl groups excluding tert-OH is 1. The van der Waals surface area contributed by atoms with Crippen molar-refractivity contribution in [3.8, 4) is 0 Å². The van der Waals surface area contributed by atoms with E-state index >= 15 is 0 Å². The summed E-state index contributed by atoms with van der Waals surface area (Å²) in [6, 6.07) is -0.0588. The Hall–Kier alpha value is -0.770. The largest absolute Gasteiger partial charge is 0.391 e. The van der Waals surface area contributed by atoms with Gasteiger partial charge < -0.3 is 15.3 Å². The number of hydrogen-bond acceptors (Lipinski definition) is 2. The van der Waals surface area contributed by atoms with Crippen molar-refractivity contribution in [2.75, 3.05) is 19.6 Å². The minimum Gasteiger partial charge on any atom is -0.391 e. The van der Waals surface area contributed by atoms with Crippen molar-refractivity contribution < 1.29 is 9.90 Å². The van der Waals surface area contributed by atoms with E-state index in [0.717, 1.165) is 0 Å². The van der Waals surface area contributed by atoms with Crippen LogP contribution in [0.1, 0.15) is 27.2 Å². The molecule has 0 aliphatic carbocycles. The molecule has 0 aromatic rings. The molecule has 2 amide bonds. The molecule has 0 spiro atoms. The second kappa shape index (κ2) is 4.17. The summed E-state index contributed by atoms with van der Waals surface area (Å²) in [7, 11) is 0. The van der Waals surface area contributed by atoms with Crippen molar-refractivity contribution in [3.63, 3.8) is 0 Å². The smallest absolute Gasteiger partial charge is 0.317 e. The van der Waals surface area contributed by atoms with E-state index in [1.807, 2.05) is 0 Å². The summed E-state index contributed by atoms with van der Waals surface area (Å²) < 4.78 is 0. The normalized spacial score (nSPS) is 22.6. The molecule has 0 bridgehead atoms. The first-order valence-electron chi connectivity index (χ1n) is 5.09. The minimum absolute atomic E-state index is 0.0588. The molecule has 1 aliphatic heterocycles. The van der Waals surface area contributed by atoms with Crippen molar-refractivity contribution in [1.82, 2.24) is 10.2 Å². The number of amides is 2. The molecule has 1 heterocycles. The summed E-state index contributed by atoms with van der Waals surface area (Å²) in [6.45, 7) is 8.02. The molecule has 82 valence electrons. The van der Waals surface area contributed by atoms with Gasteiger partial charge in [-0.3, -0.25) is 0 Å². The van der Waals surface area contributed by atoms with Crippen LogP contribution in [0.3, 0.4) is 0 Å². The Morgan fingerprint density at radius 3 is 2.64 bits per heavy atom. The Balaban J connectivity index is 2.29. The van der Waals surface area contributed by atoms with Crippen molar-refractivity contribution >= 4 is 6.03 Å². The Morgan fingerprint density at radius 2 is 2.21 bits per heavy atom. The number of hydrogen-bond donors (Lipinski definition) is 2. The van der Waals surface area contributed by atoms with E-state index in [-0.39, 0.29) is 17.6 Å². The molecule has 1 unspecified atom stereocenters. The van der Waals surface area contributed by atoms with Crippen LogP contribution in [0, 0.1) is 5.41 Å². The van der Waals surface area contributed by atoms with Gasteiger partial charge in [0.05, 0.1) is 6.10 Å². The Bertz CT molecular complexity index is 211. The lowest BCUT2D eigenvalue weighted by molar-refractivity contribution is 0.170. The molecule has 1 saturated heterocycles. The number of carbonyl (C=O) groups excluding carboxylic acids is 1. The van der Waals surface area contributed by atoms with Gasteiger partial charge in [-0.05, 0) is 11.8 Å². The van der Waals surface area contributed by atoms with Crippen LogP contribution in [0.15, 0.2) is 0 Å². The van der Waals surface area contributed by atoms with Gasteiger partial charge in [-0.25, -0.2) is 4.79 Å². The lowest BCUT2D eigenvalue weighted by atomic mass is 9.97. The average molecular weight is 200 g/mol. The van der Waals surface area contributed by atoms with E-state index < -0.39 is 0 Å². The van der Waals surface area contributed by atoms with Gasteiger partial charge in [0.25, 0.3) is 0 Å². The van der Waals surface area contributed by atoms with Gasteiger partial charge in [0.2, 0.25) is 0 Å². The predicted molar refractivity (Wildman–Crippen MR) is 55.1 cm³/mol. The highest BCUT2D eigenvalue weighted by Crippen LogP contribution is 2.12. The molecule has 0 radical (unpaired) electrons. The maximum atomic E-state index is 11.5. The minimum atomic E-state index is -0.338. The Labute approximate surface area is 85.3 Å². The fraction of sp³-hybridized carbons (Fsp3) is 0.900. The van der Waals surface area contributed by atoms with E-state index in [0.29, 0.717) is 26.1 Å². The molecule has 0 saturated carbocycles. The van der Waals surface area contributed by atoms with Crippen LogP contribution in [0.25, 0.3) is 0 Å². The summed E-state index contributed by atoms with van der Waals surface area (Å²) in [4.78, 5) is 13.2. The van der Waals surface area contributed by atoms with Gasteiger partial charge in [-0.2, -0.15) is 0 Å². The van der Waals surface area contributed by atoms with E-state index in [1.165, 1.54) is 0 Å². The monoisotopic (exact) mass is 200 g/mol. The molecular weight excluding hydrogens is 180 g/mol. The number of nitrogens with one attached hydrogen (secondary N) is 1. The van der Waals surface area contributed by atoms with Crippen LogP contribution in [-0.4, -0.2) is 41.8 Å². The highest BCUT2D eigenvalue weighted by Gasteiger charge is 2.24. The summed E-state index contributed by atoms with van der Waals surface area (Å²) in [6.07, 6.45) is 0.360. The molecule has 0 aromatic carbocycles. The number of nitrogens with zero attached hydrogens (tertiary/aromatic N) is 1. The SMILES string of the molecule is CC(C)(C)CNC(=O)N1CCC(O)C1. The standard InChI is InChI=1S/C10H20N2O2/c1-10(2,3)7-11-9(14)12-5-4-8(13)6-12/h8,13H,4-7H2,1-3H3,(H,11,14). The molecule has 1 fully saturated rings.